The Morgan fingerprint density at radius 3 is 2.20 bits per heavy atom. The molecular weight excluding hydrogens is 298 g/mol. The normalized spacial score (nSPS) is 12.7. The van der Waals surface area contributed by atoms with Crippen molar-refractivity contribution in [2.45, 2.75) is 30.6 Å². The highest BCUT2D eigenvalue weighted by Gasteiger charge is 2.40. The predicted octanol–water partition coefficient (Wildman–Crippen LogP) is 3.18. The number of rotatable bonds is 7. The Morgan fingerprint density at radius 1 is 1.20 bits per heavy atom. The molecule has 1 aromatic carbocycles. The fourth-order valence-corrected chi connectivity index (χ4v) is 2.79. The van der Waals surface area contributed by atoms with Crippen LogP contribution in [-0.4, -0.2) is 33.1 Å². The number of sulfone groups is 1. The first kappa shape index (κ1) is 16.7. The quantitative estimate of drug-likeness (QED) is 0.786. The smallest absolute Gasteiger partial charge is 0.324 e. The largest absolute Gasteiger partial charge is 0.379 e. The van der Waals surface area contributed by atoms with Crippen molar-refractivity contribution < 1.29 is 26.0 Å². The second-order valence-electron chi connectivity index (χ2n) is 4.26. The van der Waals surface area contributed by atoms with Crippen molar-refractivity contribution in [3.8, 4) is 0 Å². The molecule has 0 fully saturated rings. The summed E-state index contributed by atoms with van der Waals surface area (Å²) >= 11 is 0. The van der Waals surface area contributed by atoms with Gasteiger partial charge in [-0.2, -0.15) is 8.78 Å². The van der Waals surface area contributed by atoms with E-state index in [0.717, 1.165) is 0 Å². The van der Waals surface area contributed by atoms with Gasteiger partial charge in [0.25, 0.3) is 0 Å². The molecule has 0 saturated carbocycles. The van der Waals surface area contributed by atoms with Crippen LogP contribution >= 0.6 is 0 Å². The number of anilines is 1. The Bertz CT molecular complexity index is 529. The summed E-state index contributed by atoms with van der Waals surface area (Å²) in [5, 5.41) is 2.15. The maximum Gasteiger partial charge on any atom is 0.324 e. The van der Waals surface area contributed by atoms with Crippen molar-refractivity contribution in [1.29, 1.82) is 0 Å². The molecular formula is C12H15F4NO2S. The lowest BCUT2D eigenvalue weighted by atomic mass is 10.3. The lowest BCUT2D eigenvalue weighted by Crippen LogP contribution is -2.34. The highest BCUT2D eigenvalue weighted by Crippen LogP contribution is 2.24. The topological polar surface area (TPSA) is 46.2 Å². The van der Waals surface area contributed by atoms with Gasteiger partial charge in [-0.05, 0) is 30.7 Å². The van der Waals surface area contributed by atoms with Gasteiger partial charge in [0.15, 0.2) is 9.84 Å². The summed E-state index contributed by atoms with van der Waals surface area (Å²) < 4.78 is 72.7. The van der Waals surface area contributed by atoms with Crippen molar-refractivity contribution in [2.24, 2.45) is 0 Å². The Balaban J connectivity index is 2.73. The fraction of sp³-hybridized carbons (Fsp3) is 0.500. The van der Waals surface area contributed by atoms with Gasteiger partial charge in [0.05, 0.1) is 17.2 Å². The fourth-order valence-electron chi connectivity index (χ4n) is 1.46. The molecule has 0 heterocycles. The van der Waals surface area contributed by atoms with Gasteiger partial charge in [-0.25, -0.2) is 17.2 Å². The number of alkyl halides is 4. The first-order chi connectivity index (χ1) is 9.19. The second kappa shape index (κ2) is 6.43. The van der Waals surface area contributed by atoms with Gasteiger partial charge >= 0.3 is 12.3 Å². The first-order valence-corrected chi connectivity index (χ1v) is 7.57. The van der Waals surface area contributed by atoms with Crippen molar-refractivity contribution in [3.63, 3.8) is 0 Å². The standard InChI is InChI=1S/C12H15F4NO2S/c1-2-7-20(18,19)10-5-3-9(4-6-10)17-8-12(15,16)11(13)14/h3-6,11,17H,2,7-8H2,1H3. The van der Waals surface area contributed by atoms with Gasteiger partial charge in [0, 0.05) is 5.69 Å². The van der Waals surface area contributed by atoms with E-state index in [2.05, 4.69) is 5.32 Å². The third-order valence-corrected chi connectivity index (χ3v) is 4.47. The number of halogens is 4. The molecule has 0 saturated heterocycles. The van der Waals surface area contributed by atoms with E-state index in [1.807, 2.05) is 0 Å². The molecule has 0 spiro atoms. The van der Waals surface area contributed by atoms with Gasteiger partial charge in [-0.3, -0.25) is 0 Å². The second-order valence-corrected chi connectivity index (χ2v) is 6.37. The minimum absolute atomic E-state index is 0.0107. The van der Waals surface area contributed by atoms with Crippen LogP contribution in [-0.2, 0) is 9.84 Å². The Kier molecular flexibility index (Phi) is 5.38. The average Bonchev–Trinajstić information content (AvgIpc) is 2.37. The summed E-state index contributed by atoms with van der Waals surface area (Å²) in [5.41, 5.74) is 0.153. The number of benzene rings is 1. The maximum absolute atomic E-state index is 12.7. The van der Waals surface area contributed by atoms with E-state index in [1.54, 1.807) is 6.92 Å². The minimum atomic E-state index is -4.13. The Labute approximate surface area is 114 Å². The van der Waals surface area contributed by atoms with Crippen molar-refractivity contribution >= 4 is 15.5 Å². The average molecular weight is 313 g/mol. The zero-order chi connectivity index (χ0) is 15.4. The lowest BCUT2D eigenvalue weighted by molar-refractivity contribution is -0.117. The molecule has 0 aliphatic rings. The van der Waals surface area contributed by atoms with Crippen LogP contribution in [0.15, 0.2) is 29.2 Å². The van der Waals surface area contributed by atoms with E-state index >= 15 is 0 Å². The number of hydrogen-bond donors (Lipinski definition) is 1. The SMILES string of the molecule is CCCS(=O)(=O)c1ccc(NCC(F)(F)C(F)F)cc1. The van der Waals surface area contributed by atoms with Gasteiger partial charge in [-0.15, -0.1) is 0 Å². The minimum Gasteiger partial charge on any atom is -0.379 e. The van der Waals surface area contributed by atoms with E-state index in [9.17, 15) is 26.0 Å². The van der Waals surface area contributed by atoms with Gasteiger partial charge in [0.2, 0.25) is 0 Å². The van der Waals surface area contributed by atoms with Gasteiger partial charge < -0.3 is 5.32 Å². The van der Waals surface area contributed by atoms with Crippen molar-refractivity contribution in [1.82, 2.24) is 0 Å². The van der Waals surface area contributed by atoms with Crippen LogP contribution in [0, 0.1) is 0 Å². The maximum atomic E-state index is 12.7. The molecule has 114 valence electrons. The highest BCUT2D eigenvalue weighted by atomic mass is 32.2. The molecule has 8 heteroatoms. The molecule has 0 unspecified atom stereocenters. The third kappa shape index (κ3) is 4.36. The molecule has 0 radical (unpaired) electrons. The van der Waals surface area contributed by atoms with Crippen LogP contribution < -0.4 is 5.32 Å². The molecule has 1 N–H and O–H groups in total. The van der Waals surface area contributed by atoms with Crippen LogP contribution in [0.4, 0.5) is 23.2 Å². The molecule has 0 aliphatic carbocycles. The molecule has 3 nitrogen and oxygen atoms in total. The van der Waals surface area contributed by atoms with E-state index in [0.29, 0.717) is 6.42 Å². The first-order valence-electron chi connectivity index (χ1n) is 5.91. The van der Waals surface area contributed by atoms with E-state index in [1.165, 1.54) is 24.3 Å². The zero-order valence-corrected chi connectivity index (χ0v) is 11.6. The summed E-state index contributed by atoms with van der Waals surface area (Å²) in [6.45, 7) is 0.506. The van der Waals surface area contributed by atoms with Crippen LogP contribution in [0.3, 0.4) is 0 Å². The molecule has 0 aliphatic heterocycles. The van der Waals surface area contributed by atoms with E-state index < -0.39 is 28.7 Å². The molecule has 0 bridgehead atoms. The summed E-state index contributed by atoms with van der Waals surface area (Å²) in [5.74, 6) is -4.14. The van der Waals surface area contributed by atoms with Crippen molar-refractivity contribution in [2.75, 3.05) is 17.6 Å². The lowest BCUT2D eigenvalue weighted by Gasteiger charge is -2.16. The molecule has 20 heavy (non-hydrogen) atoms. The van der Waals surface area contributed by atoms with Gasteiger partial charge in [-0.1, -0.05) is 6.92 Å². The van der Waals surface area contributed by atoms with Crippen LogP contribution in [0.1, 0.15) is 13.3 Å². The number of nitrogens with one attached hydrogen (secondary N) is 1. The molecule has 0 aromatic heterocycles. The Hall–Kier alpha value is -1.31. The molecule has 1 aromatic rings. The van der Waals surface area contributed by atoms with Crippen molar-refractivity contribution in [3.05, 3.63) is 24.3 Å². The van der Waals surface area contributed by atoms with Crippen LogP contribution in [0.2, 0.25) is 0 Å². The Morgan fingerprint density at radius 2 is 1.75 bits per heavy atom. The third-order valence-electron chi connectivity index (χ3n) is 2.53. The van der Waals surface area contributed by atoms with Crippen LogP contribution in [0.25, 0.3) is 0 Å². The summed E-state index contributed by atoms with van der Waals surface area (Å²) in [7, 11) is -3.38. The van der Waals surface area contributed by atoms with Gasteiger partial charge in [0.1, 0.15) is 0 Å². The molecule has 1 rings (SSSR count). The van der Waals surface area contributed by atoms with E-state index in [-0.39, 0.29) is 16.3 Å². The molecule has 0 atom stereocenters. The molecule has 0 amide bonds. The predicted molar refractivity (Wildman–Crippen MR) is 68.2 cm³/mol. The zero-order valence-electron chi connectivity index (χ0n) is 10.7. The monoisotopic (exact) mass is 313 g/mol. The van der Waals surface area contributed by atoms with E-state index in [4.69, 9.17) is 0 Å². The summed E-state index contributed by atoms with van der Waals surface area (Å²) in [6, 6.07) is 5.05. The summed E-state index contributed by atoms with van der Waals surface area (Å²) in [6.07, 6.45) is -3.29. The summed E-state index contributed by atoms with van der Waals surface area (Å²) in [4.78, 5) is 0.0746. The van der Waals surface area contributed by atoms with Crippen LogP contribution in [0.5, 0.6) is 0 Å². The number of hydrogen-bond acceptors (Lipinski definition) is 3. The highest BCUT2D eigenvalue weighted by molar-refractivity contribution is 7.91.